The number of ketones is 1. The summed E-state index contributed by atoms with van der Waals surface area (Å²) in [7, 11) is 0. The number of aliphatic carboxylic acids is 1. The van der Waals surface area contributed by atoms with E-state index in [4.69, 9.17) is 9.15 Å². The number of hydrogen-bond acceptors (Lipinski definition) is 5. The molecule has 0 aliphatic carbocycles. The fourth-order valence-corrected chi connectivity index (χ4v) is 3.16. The summed E-state index contributed by atoms with van der Waals surface area (Å²) in [6, 6.07) is 18.0. The van der Waals surface area contributed by atoms with Crippen LogP contribution in [0.25, 0.3) is 0 Å². The Balaban J connectivity index is 1.82. The molecule has 144 valence electrons. The number of carbonyl (C=O) groups is 2. The summed E-state index contributed by atoms with van der Waals surface area (Å²) in [5.41, 5.74) is 2.25. The van der Waals surface area contributed by atoms with E-state index in [0.29, 0.717) is 17.1 Å². The molecule has 3 rings (SSSR count). The summed E-state index contributed by atoms with van der Waals surface area (Å²) in [4.78, 5) is 24.2. The van der Waals surface area contributed by atoms with Crippen molar-refractivity contribution in [3.8, 4) is 5.75 Å². The lowest BCUT2D eigenvalue weighted by molar-refractivity contribution is -0.305. The van der Waals surface area contributed by atoms with E-state index in [1.54, 1.807) is 36.6 Å². The van der Waals surface area contributed by atoms with Gasteiger partial charge in [-0.3, -0.25) is 4.79 Å². The molecule has 0 saturated carbocycles. The molecule has 5 nitrogen and oxygen atoms in total. The first-order valence-corrected chi connectivity index (χ1v) is 9.09. The van der Waals surface area contributed by atoms with Crippen LogP contribution in [0.4, 0.5) is 0 Å². The number of Topliss-reactive ketones (excluding diaryl/α,β-unsaturated/α-hetero) is 1. The summed E-state index contributed by atoms with van der Waals surface area (Å²) < 4.78 is 10.9. The quantitative estimate of drug-likeness (QED) is 0.532. The van der Waals surface area contributed by atoms with Gasteiger partial charge in [-0.1, -0.05) is 36.4 Å². The molecule has 0 fully saturated rings. The first kappa shape index (κ1) is 19.4. The summed E-state index contributed by atoms with van der Waals surface area (Å²) >= 11 is 0. The fraction of sp³-hybridized carbons (Fsp3) is 0.217. The van der Waals surface area contributed by atoms with Crippen molar-refractivity contribution in [1.82, 2.24) is 0 Å². The molecule has 0 spiro atoms. The van der Waals surface area contributed by atoms with Crippen LogP contribution in [0.2, 0.25) is 0 Å². The molecule has 28 heavy (non-hydrogen) atoms. The van der Waals surface area contributed by atoms with Gasteiger partial charge in [-0.2, -0.15) is 0 Å². The van der Waals surface area contributed by atoms with E-state index in [1.807, 2.05) is 37.3 Å². The molecule has 0 aliphatic heterocycles. The summed E-state index contributed by atoms with van der Waals surface area (Å²) in [5.74, 6) is -0.630. The smallest absolute Gasteiger partial charge is 0.170 e. The van der Waals surface area contributed by atoms with Crippen LogP contribution >= 0.6 is 0 Å². The van der Waals surface area contributed by atoms with Crippen LogP contribution in [0.15, 0.2) is 71.3 Å². The molecular formula is C23H21O5-. The number of carbonyl (C=O) groups excluding carboxylic acids is 2. The zero-order chi connectivity index (χ0) is 19.9. The third kappa shape index (κ3) is 4.88. The van der Waals surface area contributed by atoms with Crippen molar-refractivity contribution in [1.29, 1.82) is 0 Å². The number of carboxylic acid groups (broad SMARTS) is 1. The molecule has 0 saturated heterocycles. The number of benzene rings is 2. The van der Waals surface area contributed by atoms with Crippen molar-refractivity contribution in [2.24, 2.45) is 0 Å². The molecule has 1 atom stereocenters. The maximum atomic E-state index is 13.2. The molecule has 2 aromatic carbocycles. The summed E-state index contributed by atoms with van der Waals surface area (Å²) in [5, 5.41) is 11.0. The Labute approximate surface area is 163 Å². The van der Waals surface area contributed by atoms with Gasteiger partial charge < -0.3 is 19.1 Å². The minimum absolute atomic E-state index is 0.140. The molecule has 1 aromatic heterocycles. The van der Waals surface area contributed by atoms with Gasteiger partial charge in [-0.25, -0.2) is 0 Å². The standard InChI is InChI=1S/C23H22O5/c1-16-6-2-3-10-20(16)21(11-12-22(24)25)23(26)17-7-4-8-18(14-17)28-15-19-9-5-13-27-19/h2-10,13-14,21H,11-12,15H2,1H3,(H,24,25)/p-1. The van der Waals surface area contributed by atoms with Gasteiger partial charge >= 0.3 is 0 Å². The molecule has 0 radical (unpaired) electrons. The van der Waals surface area contributed by atoms with Gasteiger partial charge in [0.2, 0.25) is 0 Å². The maximum Gasteiger partial charge on any atom is 0.170 e. The molecule has 1 heterocycles. The Kier molecular flexibility index (Phi) is 6.27. The second kappa shape index (κ2) is 9.04. The van der Waals surface area contributed by atoms with Crippen LogP contribution in [0, 0.1) is 6.92 Å². The third-order valence-electron chi connectivity index (χ3n) is 4.60. The van der Waals surface area contributed by atoms with Gasteiger partial charge in [-0.05, 0) is 55.2 Å². The van der Waals surface area contributed by atoms with Crippen molar-refractivity contribution in [3.63, 3.8) is 0 Å². The Hall–Kier alpha value is -3.34. The molecule has 0 aliphatic rings. The van der Waals surface area contributed by atoms with Crippen LogP contribution in [0.5, 0.6) is 5.75 Å². The average Bonchev–Trinajstić information content (AvgIpc) is 3.21. The lowest BCUT2D eigenvalue weighted by Gasteiger charge is -2.19. The predicted octanol–water partition coefficient (Wildman–Crippen LogP) is 3.66. The predicted molar refractivity (Wildman–Crippen MR) is 102 cm³/mol. The van der Waals surface area contributed by atoms with Crippen LogP contribution in [0.1, 0.15) is 46.0 Å². The van der Waals surface area contributed by atoms with E-state index in [-0.39, 0.29) is 25.2 Å². The molecule has 0 amide bonds. The first-order valence-electron chi connectivity index (χ1n) is 9.09. The minimum atomic E-state index is -1.16. The minimum Gasteiger partial charge on any atom is -0.550 e. The number of furan rings is 1. The van der Waals surface area contributed by atoms with Crippen molar-refractivity contribution < 1.29 is 23.8 Å². The van der Waals surface area contributed by atoms with Crippen molar-refractivity contribution >= 4 is 11.8 Å². The highest BCUT2D eigenvalue weighted by Crippen LogP contribution is 2.29. The highest BCUT2D eigenvalue weighted by Gasteiger charge is 2.23. The molecule has 0 N–H and O–H groups in total. The van der Waals surface area contributed by atoms with Gasteiger partial charge in [0.05, 0.1) is 6.26 Å². The number of aryl methyl sites for hydroxylation is 1. The van der Waals surface area contributed by atoms with Crippen LogP contribution in [0.3, 0.4) is 0 Å². The van der Waals surface area contributed by atoms with E-state index in [0.717, 1.165) is 11.1 Å². The molecule has 0 bridgehead atoms. The Morgan fingerprint density at radius 1 is 1.07 bits per heavy atom. The van der Waals surface area contributed by atoms with E-state index in [9.17, 15) is 14.7 Å². The Bertz CT molecular complexity index is 943. The second-order valence-electron chi connectivity index (χ2n) is 6.58. The van der Waals surface area contributed by atoms with Crippen LogP contribution in [-0.4, -0.2) is 11.8 Å². The number of hydrogen-bond donors (Lipinski definition) is 0. The molecule has 5 heteroatoms. The summed E-state index contributed by atoms with van der Waals surface area (Å²) in [6.07, 6.45) is 1.58. The molecular weight excluding hydrogens is 356 g/mol. The van der Waals surface area contributed by atoms with Gasteiger partial charge in [0.15, 0.2) is 5.78 Å². The SMILES string of the molecule is Cc1ccccc1C(CCC(=O)[O-])C(=O)c1cccc(OCc2ccco2)c1. The van der Waals surface area contributed by atoms with Gasteiger partial charge in [0.25, 0.3) is 0 Å². The third-order valence-corrected chi connectivity index (χ3v) is 4.60. The fourth-order valence-electron chi connectivity index (χ4n) is 3.16. The number of rotatable bonds is 9. The number of carboxylic acids is 1. The van der Waals surface area contributed by atoms with Gasteiger partial charge in [-0.15, -0.1) is 0 Å². The van der Waals surface area contributed by atoms with Gasteiger partial charge in [0.1, 0.15) is 18.1 Å². The zero-order valence-corrected chi connectivity index (χ0v) is 15.6. The first-order chi connectivity index (χ1) is 13.5. The average molecular weight is 377 g/mol. The van der Waals surface area contributed by atoms with Crippen LogP contribution in [-0.2, 0) is 11.4 Å². The molecule has 3 aromatic rings. The Morgan fingerprint density at radius 2 is 1.89 bits per heavy atom. The lowest BCUT2D eigenvalue weighted by atomic mass is 9.85. The van der Waals surface area contributed by atoms with E-state index < -0.39 is 11.9 Å². The number of ether oxygens (including phenoxy) is 1. The van der Waals surface area contributed by atoms with Crippen molar-refractivity contribution in [3.05, 3.63) is 89.4 Å². The summed E-state index contributed by atoms with van der Waals surface area (Å²) in [6.45, 7) is 2.17. The van der Waals surface area contributed by atoms with Gasteiger partial charge in [0, 0.05) is 17.5 Å². The van der Waals surface area contributed by atoms with Crippen LogP contribution < -0.4 is 9.84 Å². The second-order valence-corrected chi connectivity index (χ2v) is 6.58. The normalized spacial score (nSPS) is 11.8. The lowest BCUT2D eigenvalue weighted by Crippen LogP contribution is -2.24. The monoisotopic (exact) mass is 377 g/mol. The van der Waals surface area contributed by atoms with E-state index >= 15 is 0 Å². The van der Waals surface area contributed by atoms with E-state index in [2.05, 4.69) is 0 Å². The highest BCUT2D eigenvalue weighted by atomic mass is 16.5. The van der Waals surface area contributed by atoms with E-state index in [1.165, 1.54) is 0 Å². The molecule has 1 unspecified atom stereocenters. The van der Waals surface area contributed by atoms with Crippen molar-refractivity contribution in [2.45, 2.75) is 32.3 Å². The maximum absolute atomic E-state index is 13.2. The highest BCUT2D eigenvalue weighted by molar-refractivity contribution is 6.01. The largest absolute Gasteiger partial charge is 0.550 e. The Morgan fingerprint density at radius 3 is 2.61 bits per heavy atom. The zero-order valence-electron chi connectivity index (χ0n) is 15.6. The topological polar surface area (TPSA) is 79.6 Å². The van der Waals surface area contributed by atoms with Crippen molar-refractivity contribution in [2.75, 3.05) is 0 Å².